The number of morpholine rings is 1. The predicted molar refractivity (Wildman–Crippen MR) is 87.7 cm³/mol. The van der Waals surface area contributed by atoms with E-state index in [0.717, 1.165) is 11.1 Å². The van der Waals surface area contributed by atoms with Crippen LogP contribution >= 0.6 is 0 Å². The minimum Gasteiger partial charge on any atom is -0.463 e. The van der Waals surface area contributed by atoms with Crippen LogP contribution in [0.15, 0.2) is 28.9 Å². The van der Waals surface area contributed by atoms with E-state index in [1.54, 1.807) is 23.1 Å². The van der Waals surface area contributed by atoms with Crippen LogP contribution in [0.1, 0.15) is 16.1 Å². The fourth-order valence-electron chi connectivity index (χ4n) is 3.10. The molecule has 7 heteroatoms. The van der Waals surface area contributed by atoms with Gasteiger partial charge in [0.15, 0.2) is 11.4 Å². The van der Waals surface area contributed by atoms with Crippen molar-refractivity contribution in [3.63, 3.8) is 0 Å². The van der Waals surface area contributed by atoms with Gasteiger partial charge in [-0.05, 0) is 25.1 Å². The standard InChI is InChI=1S/C17H18N4O3/c1-11-15-12(17(22)21-5-8-23-9-6-21)10-13(14-4-3-7-24-14)18-16(15)20(2)19-11/h3-4,7,10H,5-6,8-9H2,1-2H3. The average Bonchev–Trinajstić information content (AvgIpc) is 3.23. The normalized spacial score (nSPS) is 15.2. The number of carbonyl (C=O) groups is 1. The van der Waals surface area contributed by atoms with Crippen LogP contribution in [0.2, 0.25) is 0 Å². The molecule has 0 radical (unpaired) electrons. The molecule has 4 rings (SSSR count). The van der Waals surface area contributed by atoms with Crippen molar-refractivity contribution < 1.29 is 13.9 Å². The summed E-state index contributed by atoms with van der Waals surface area (Å²) in [5.41, 5.74) is 2.71. The van der Waals surface area contributed by atoms with Gasteiger partial charge >= 0.3 is 0 Å². The van der Waals surface area contributed by atoms with Gasteiger partial charge in [0.1, 0.15) is 5.69 Å². The number of aryl methyl sites for hydroxylation is 2. The van der Waals surface area contributed by atoms with E-state index in [4.69, 9.17) is 9.15 Å². The monoisotopic (exact) mass is 326 g/mol. The molecule has 3 aromatic rings. The maximum atomic E-state index is 13.1. The van der Waals surface area contributed by atoms with E-state index in [1.807, 2.05) is 24.9 Å². The number of pyridine rings is 1. The molecule has 1 amide bonds. The zero-order valence-electron chi connectivity index (χ0n) is 13.7. The van der Waals surface area contributed by atoms with Crippen LogP contribution in [0.4, 0.5) is 0 Å². The van der Waals surface area contributed by atoms with Gasteiger partial charge in [-0.3, -0.25) is 9.48 Å². The van der Waals surface area contributed by atoms with Crippen LogP contribution in [0, 0.1) is 6.92 Å². The lowest BCUT2D eigenvalue weighted by atomic mass is 10.1. The molecule has 0 aromatic carbocycles. The van der Waals surface area contributed by atoms with Crippen molar-refractivity contribution in [2.75, 3.05) is 26.3 Å². The minimum absolute atomic E-state index is 0.0189. The fraction of sp³-hybridized carbons (Fsp3) is 0.353. The third-order valence-electron chi connectivity index (χ3n) is 4.27. The molecule has 24 heavy (non-hydrogen) atoms. The zero-order valence-corrected chi connectivity index (χ0v) is 13.7. The number of amides is 1. The smallest absolute Gasteiger partial charge is 0.254 e. The second-order valence-corrected chi connectivity index (χ2v) is 5.84. The van der Waals surface area contributed by atoms with Gasteiger partial charge in [0.25, 0.3) is 5.91 Å². The maximum absolute atomic E-state index is 13.1. The van der Waals surface area contributed by atoms with Crippen LogP contribution < -0.4 is 0 Å². The highest BCUT2D eigenvalue weighted by atomic mass is 16.5. The summed E-state index contributed by atoms with van der Waals surface area (Å²) in [6.07, 6.45) is 1.60. The van der Waals surface area contributed by atoms with E-state index >= 15 is 0 Å². The summed E-state index contributed by atoms with van der Waals surface area (Å²) in [5.74, 6) is 0.612. The Morgan fingerprint density at radius 3 is 2.79 bits per heavy atom. The summed E-state index contributed by atoms with van der Waals surface area (Å²) < 4.78 is 12.5. The minimum atomic E-state index is -0.0189. The first-order valence-corrected chi connectivity index (χ1v) is 7.90. The number of carbonyl (C=O) groups excluding carboxylic acids is 1. The summed E-state index contributed by atoms with van der Waals surface area (Å²) in [5, 5.41) is 5.22. The largest absolute Gasteiger partial charge is 0.463 e. The molecule has 0 atom stereocenters. The summed E-state index contributed by atoms with van der Waals surface area (Å²) in [4.78, 5) is 19.5. The third-order valence-corrected chi connectivity index (χ3v) is 4.27. The molecule has 0 bridgehead atoms. The van der Waals surface area contributed by atoms with E-state index in [2.05, 4.69) is 10.1 Å². The van der Waals surface area contributed by atoms with E-state index in [-0.39, 0.29) is 5.91 Å². The molecule has 1 aliphatic rings. The summed E-state index contributed by atoms with van der Waals surface area (Å²) in [6.45, 7) is 4.22. The van der Waals surface area contributed by atoms with E-state index in [0.29, 0.717) is 49.0 Å². The topological polar surface area (TPSA) is 73.4 Å². The van der Waals surface area contributed by atoms with Gasteiger partial charge in [-0.15, -0.1) is 0 Å². The highest BCUT2D eigenvalue weighted by Gasteiger charge is 2.25. The first kappa shape index (κ1) is 14.9. The molecule has 0 saturated carbocycles. The van der Waals surface area contributed by atoms with Crippen LogP contribution in [0.5, 0.6) is 0 Å². The summed E-state index contributed by atoms with van der Waals surface area (Å²) in [6, 6.07) is 5.44. The second kappa shape index (κ2) is 5.76. The number of nitrogens with zero attached hydrogens (tertiary/aromatic N) is 4. The van der Waals surface area contributed by atoms with Crippen molar-refractivity contribution in [2.24, 2.45) is 7.05 Å². The van der Waals surface area contributed by atoms with Crippen LogP contribution in [-0.2, 0) is 11.8 Å². The molecular formula is C17H18N4O3. The quantitative estimate of drug-likeness (QED) is 0.720. The molecule has 4 heterocycles. The molecule has 0 N–H and O–H groups in total. The van der Waals surface area contributed by atoms with Gasteiger partial charge in [0, 0.05) is 20.1 Å². The molecule has 0 unspecified atom stereocenters. The Bertz CT molecular complexity index is 892. The van der Waals surface area contributed by atoms with Gasteiger partial charge in [0.05, 0.1) is 36.1 Å². The van der Waals surface area contributed by atoms with Crippen molar-refractivity contribution in [1.29, 1.82) is 0 Å². The van der Waals surface area contributed by atoms with Crippen molar-refractivity contribution in [3.8, 4) is 11.5 Å². The van der Waals surface area contributed by atoms with Crippen molar-refractivity contribution in [1.82, 2.24) is 19.7 Å². The SMILES string of the molecule is Cc1nn(C)c2nc(-c3ccco3)cc(C(=O)N3CCOCC3)c12. The van der Waals surface area contributed by atoms with Gasteiger partial charge in [-0.2, -0.15) is 5.10 Å². The fourth-order valence-corrected chi connectivity index (χ4v) is 3.10. The lowest BCUT2D eigenvalue weighted by Gasteiger charge is -2.27. The molecule has 0 spiro atoms. The lowest BCUT2D eigenvalue weighted by molar-refractivity contribution is 0.0304. The molecule has 0 aliphatic carbocycles. The highest BCUT2D eigenvalue weighted by Crippen LogP contribution is 2.28. The Balaban J connectivity index is 1.90. The second-order valence-electron chi connectivity index (χ2n) is 5.84. The molecule has 1 saturated heterocycles. The first-order valence-electron chi connectivity index (χ1n) is 7.90. The van der Waals surface area contributed by atoms with Crippen LogP contribution in [0.3, 0.4) is 0 Å². The molecular weight excluding hydrogens is 308 g/mol. The van der Waals surface area contributed by atoms with Gasteiger partial charge in [-0.1, -0.05) is 0 Å². The highest BCUT2D eigenvalue weighted by molar-refractivity contribution is 6.07. The Hall–Kier alpha value is -2.67. The van der Waals surface area contributed by atoms with Crippen molar-refractivity contribution >= 4 is 16.9 Å². The van der Waals surface area contributed by atoms with Crippen molar-refractivity contribution in [3.05, 3.63) is 35.7 Å². The first-order chi connectivity index (χ1) is 11.6. The summed E-state index contributed by atoms with van der Waals surface area (Å²) in [7, 11) is 1.83. The molecule has 124 valence electrons. The Labute approximate surface area is 138 Å². The average molecular weight is 326 g/mol. The van der Waals surface area contributed by atoms with E-state index in [9.17, 15) is 4.79 Å². The van der Waals surface area contributed by atoms with Crippen LogP contribution in [0.25, 0.3) is 22.5 Å². The summed E-state index contributed by atoms with van der Waals surface area (Å²) >= 11 is 0. The third kappa shape index (κ3) is 2.37. The van der Waals surface area contributed by atoms with E-state index in [1.165, 1.54) is 0 Å². The zero-order chi connectivity index (χ0) is 16.7. The number of fused-ring (bicyclic) bond motifs is 1. The Kier molecular flexibility index (Phi) is 3.57. The number of hydrogen-bond donors (Lipinski definition) is 0. The van der Waals surface area contributed by atoms with E-state index < -0.39 is 0 Å². The molecule has 1 fully saturated rings. The number of aromatic nitrogens is 3. The molecule has 1 aliphatic heterocycles. The van der Waals surface area contributed by atoms with Gasteiger partial charge in [0.2, 0.25) is 0 Å². The number of rotatable bonds is 2. The lowest BCUT2D eigenvalue weighted by Crippen LogP contribution is -2.40. The maximum Gasteiger partial charge on any atom is 0.254 e. The van der Waals surface area contributed by atoms with Crippen LogP contribution in [-0.4, -0.2) is 51.9 Å². The molecule has 3 aromatic heterocycles. The van der Waals surface area contributed by atoms with Gasteiger partial charge in [-0.25, -0.2) is 4.98 Å². The van der Waals surface area contributed by atoms with Crippen molar-refractivity contribution in [2.45, 2.75) is 6.92 Å². The van der Waals surface area contributed by atoms with Gasteiger partial charge < -0.3 is 14.1 Å². The Morgan fingerprint density at radius 1 is 1.29 bits per heavy atom. The number of hydrogen-bond acceptors (Lipinski definition) is 5. The predicted octanol–water partition coefficient (Wildman–Crippen LogP) is 2.01. The number of furan rings is 1. The Morgan fingerprint density at radius 2 is 2.08 bits per heavy atom. The molecule has 7 nitrogen and oxygen atoms in total. The number of ether oxygens (including phenoxy) is 1.